The average Bonchev–Trinajstić information content (AvgIpc) is 3.09. The highest BCUT2D eigenvalue weighted by Crippen LogP contribution is 2.55. The number of fused-ring (bicyclic) bond motifs is 1. The van der Waals surface area contributed by atoms with Crippen molar-refractivity contribution in [3.8, 4) is 0 Å². The lowest BCUT2D eigenvalue weighted by atomic mass is 9.94. The second kappa shape index (κ2) is 6.16. The van der Waals surface area contributed by atoms with Crippen molar-refractivity contribution in [3.05, 3.63) is 12.2 Å². The van der Waals surface area contributed by atoms with Crippen LogP contribution >= 0.6 is 11.8 Å². The molecule has 0 spiro atoms. The highest BCUT2D eigenvalue weighted by atomic mass is 32.2. The van der Waals surface area contributed by atoms with Gasteiger partial charge in [-0.3, -0.25) is 13.8 Å². The predicted octanol–water partition coefficient (Wildman–Crippen LogP) is 0.508. The Morgan fingerprint density at radius 3 is 2.68 bits per heavy atom. The van der Waals surface area contributed by atoms with Crippen LogP contribution in [0.25, 0.3) is 0 Å². The summed E-state index contributed by atoms with van der Waals surface area (Å²) in [4.78, 5) is 23.1. The van der Waals surface area contributed by atoms with Crippen LogP contribution in [0, 0.1) is 0 Å². The Kier molecular flexibility index (Phi) is 4.57. The zero-order chi connectivity index (χ0) is 18.6. The van der Waals surface area contributed by atoms with E-state index in [0.717, 1.165) is 0 Å². The minimum absolute atomic E-state index is 0.180. The Hall–Kier alpha value is -1.27. The number of thioether (sulfide) groups is 1. The molecule has 0 aromatic heterocycles. The number of carbonyl (C=O) groups excluding carboxylic acids is 2. The highest BCUT2D eigenvalue weighted by Gasteiger charge is 2.66. The lowest BCUT2D eigenvalue weighted by Crippen LogP contribution is -2.42. The molecule has 3 rings (SSSR count). The van der Waals surface area contributed by atoms with Crippen molar-refractivity contribution < 1.29 is 40.1 Å². The summed E-state index contributed by atoms with van der Waals surface area (Å²) in [6.07, 6.45) is -6.28. The molecular formula is C13H14F3NO6S2. The molecular weight excluding hydrogens is 387 g/mol. The van der Waals surface area contributed by atoms with Crippen LogP contribution in [0.15, 0.2) is 12.2 Å². The topological polar surface area (TPSA) is 98.8 Å². The maximum atomic E-state index is 12.3. The van der Waals surface area contributed by atoms with E-state index in [0.29, 0.717) is 6.42 Å². The van der Waals surface area contributed by atoms with Gasteiger partial charge in [-0.1, -0.05) is 6.58 Å². The third-order valence-electron chi connectivity index (χ3n) is 4.29. The molecule has 25 heavy (non-hydrogen) atoms. The minimum Gasteiger partial charge on any atom is -0.458 e. The van der Waals surface area contributed by atoms with Gasteiger partial charge in [-0.15, -0.1) is 11.8 Å². The standard InChI is InChI=1S/C13H14F3NO6S2/c1-5(13(14,15)16)12(19)17-3-2-8(18)22-9-6-4-7-11(24-6)10(9)23-25(7,20)21/h6-7,9-11H,1-4H2,(H,17,19). The summed E-state index contributed by atoms with van der Waals surface area (Å²) in [5.74, 6) is -2.16. The first-order valence-electron chi connectivity index (χ1n) is 7.32. The zero-order valence-electron chi connectivity index (χ0n) is 12.6. The SMILES string of the molecule is C=C(C(=O)NCCC(=O)OC1C2CC3C(S2)C1OS3(=O)=O)C(F)(F)F. The molecule has 12 heteroatoms. The molecule has 0 saturated carbocycles. The normalized spacial score (nSPS) is 34.8. The van der Waals surface area contributed by atoms with E-state index in [9.17, 15) is 31.2 Å². The van der Waals surface area contributed by atoms with E-state index in [-0.39, 0.29) is 23.5 Å². The number of ether oxygens (including phenoxy) is 1. The quantitative estimate of drug-likeness (QED) is 0.407. The van der Waals surface area contributed by atoms with Crippen LogP contribution in [-0.4, -0.2) is 61.0 Å². The highest BCUT2D eigenvalue weighted by molar-refractivity contribution is 8.03. The van der Waals surface area contributed by atoms with Crippen LogP contribution in [0.1, 0.15) is 12.8 Å². The van der Waals surface area contributed by atoms with Crippen LogP contribution in [0.2, 0.25) is 0 Å². The molecule has 3 aliphatic rings. The fraction of sp³-hybridized carbons (Fsp3) is 0.692. The number of esters is 1. The number of amides is 1. The number of hydrogen-bond donors (Lipinski definition) is 1. The molecule has 1 amide bonds. The lowest BCUT2D eigenvalue weighted by molar-refractivity contribution is -0.153. The fourth-order valence-corrected chi connectivity index (χ4v) is 7.23. The molecule has 0 aromatic rings. The molecule has 3 saturated heterocycles. The second-order valence-electron chi connectivity index (χ2n) is 5.90. The van der Waals surface area contributed by atoms with Gasteiger partial charge < -0.3 is 10.1 Å². The van der Waals surface area contributed by atoms with E-state index in [1.807, 2.05) is 5.32 Å². The molecule has 5 atom stereocenters. The number of halogens is 3. The number of rotatable bonds is 5. The molecule has 0 aromatic carbocycles. The van der Waals surface area contributed by atoms with Gasteiger partial charge in [0, 0.05) is 11.8 Å². The smallest absolute Gasteiger partial charge is 0.421 e. The van der Waals surface area contributed by atoms with Gasteiger partial charge in [0.05, 0.1) is 11.7 Å². The summed E-state index contributed by atoms with van der Waals surface area (Å²) in [7, 11) is -3.64. The minimum atomic E-state index is -4.84. The molecule has 5 unspecified atom stereocenters. The Morgan fingerprint density at radius 2 is 2.04 bits per heavy atom. The second-order valence-corrected chi connectivity index (χ2v) is 9.11. The van der Waals surface area contributed by atoms with Crippen molar-refractivity contribution >= 4 is 33.8 Å². The summed E-state index contributed by atoms with van der Waals surface area (Å²) < 4.78 is 70.6. The number of carbonyl (C=O) groups is 2. The number of hydrogen-bond acceptors (Lipinski definition) is 7. The Balaban J connectivity index is 1.47. The van der Waals surface area contributed by atoms with Crippen molar-refractivity contribution in [2.75, 3.05) is 6.54 Å². The fourth-order valence-electron chi connectivity index (χ4n) is 3.09. The van der Waals surface area contributed by atoms with E-state index in [2.05, 4.69) is 6.58 Å². The monoisotopic (exact) mass is 401 g/mol. The molecule has 1 N–H and O–H groups in total. The van der Waals surface area contributed by atoms with Gasteiger partial charge in [-0.25, -0.2) is 0 Å². The van der Waals surface area contributed by atoms with E-state index < -0.39 is 51.2 Å². The summed E-state index contributed by atoms with van der Waals surface area (Å²) >= 11 is 1.41. The largest absolute Gasteiger partial charge is 0.458 e. The molecule has 140 valence electrons. The summed E-state index contributed by atoms with van der Waals surface area (Å²) in [6.45, 7) is 2.29. The van der Waals surface area contributed by atoms with E-state index in [1.54, 1.807) is 0 Å². The van der Waals surface area contributed by atoms with Crippen LogP contribution in [0.5, 0.6) is 0 Å². The molecule has 3 heterocycles. The molecule has 3 aliphatic heterocycles. The Morgan fingerprint density at radius 1 is 1.36 bits per heavy atom. The van der Waals surface area contributed by atoms with Crippen molar-refractivity contribution in [2.45, 2.75) is 47.0 Å². The van der Waals surface area contributed by atoms with E-state index in [4.69, 9.17) is 8.92 Å². The van der Waals surface area contributed by atoms with E-state index in [1.165, 1.54) is 11.8 Å². The van der Waals surface area contributed by atoms with Gasteiger partial charge in [0.2, 0.25) is 0 Å². The first-order valence-corrected chi connectivity index (χ1v) is 9.73. The molecule has 7 nitrogen and oxygen atoms in total. The van der Waals surface area contributed by atoms with Crippen LogP contribution in [0.3, 0.4) is 0 Å². The average molecular weight is 401 g/mol. The maximum Gasteiger partial charge on any atom is 0.421 e. The summed E-state index contributed by atoms with van der Waals surface area (Å²) in [5, 5.41) is 0.918. The summed E-state index contributed by atoms with van der Waals surface area (Å²) in [6, 6.07) is 0. The van der Waals surface area contributed by atoms with Gasteiger partial charge in [-0.05, 0) is 6.42 Å². The van der Waals surface area contributed by atoms with Gasteiger partial charge in [-0.2, -0.15) is 21.6 Å². The van der Waals surface area contributed by atoms with Gasteiger partial charge in [0.25, 0.3) is 16.0 Å². The molecule has 0 radical (unpaired) electrons. The third kappa shape index (κ3) is 3.38. The van der Waals surface area contributed by atoms with Crippen LogP contribution < -0.4 is 5.32 Å². The number of nitrogens with one attached hydrogen (secondary N) is 1. The maximum absolute atomic E-state index is 12.3. The van der Waals surface area contributed by atoms with Crippen molar-refractivity contribution in [1.82, 2.24) is 5.32 Å². The Bertz CT molecular complexity index is 722. The molecule has 2 bridgehead atoms. The van der Waals surface area contributed by atoms with Gasteiger partial charge in [0.15, 0.2) is 0 Å². The lowest BCUT2D eigenvalue weighted by Gasteiger charge is -2.23. The van der Waals surface area contributed by atoms with Crippen LogP contribution in [-0.2, 0) is 28.6 Å². The van der Waals surface area contributed by atoms with Gasteiger partial charge in [0.1, 0.15) is 23.0 Å². The van der Waals surface area contributed by atoms with Crippen molar-refractivity contribution in [2.24, 2.45) is 0 Å². The van der Waals surface area contributed by atoms with Crippen molar-refractivity contribution in [3.63, 3.8) is 0 Å². The first kappa shape index (κ1) is 18.5. The summed E-state index contributed by atoms with van der Waals surface area (Å²) in [5.41, 5.74) is -1.55. The van der Waals surface area contributed by atoms with E-state index >= 15 is 0 Å². The van der Waals surface area contributed by atoms with Crippen molar-refractivity contribution in [1.29, 1.82) is 0 Å². The predicted molar refractivity (Wildman–Crippen MR) is 80.1 cm³/mol. The van der Waals surface area contributed by atoms with Gasteiger partial charge >= 0.3 is 12.1 Å². The first-order chi connectivity index (χ1) is 11.5. The zero-order valence-corrected chi connectivity index (χ0v) is 14.2. The Labute approximate surface area is 145 Å². The van der Waals surface area contributed by atoms with Crippen LogP contribution in [0.4, 0.5) is 13.2 Å². The third-order valence-corrected chi connectivity index (χ3v) is 7.90. The molecule has 3 fully saturated rings. The number of alkyl halides is 3. The molecule has 0 aliphatic carbocycles.